The average molecular weight is 391 g/mol. The van der Waals surface area contributed by atoms with E-state index in [9.17, 15) is 13.2 Å². The third-order valence-electron chi connectivity index (χ3n) is 4.75. The van der Waals surface area contributed by atoms with Gasteiger partial charge in [0.05, 0.1) is 17.0 Å². The number of nitrogens with two attached hydrogens (primary N) is 1. The van der Waals surface area contributed by atoms with Crippen LogP contribution in [0, 0.1) is 6.92 Å². The second kappa shape index (κ2) is 8.24. The molecule has 0 bridgehead atoms. The van der Waals surface area contributed by atoms with Gasteiger partial charge in [0.15, 0.2) is 0 Å². The molecule has 0 spiro atoms. The molecular formula is C19H25N3O4S. The molecule has 0 radical (unpaired) electrons. The molecule has 3 rings (SSSR count). The van der Waals surface area contributed by atoms with Crippen molar-refractivity contribution in [3.63, 3.8) is 0 Å². The largest absolute Gasteiger partial charge is 0.467 e. The zero-order valence-corrected chi connectivity index (χ0v) is 16.2. The summed E-state index contributed by atoms with van der Waals surface area (Å²) in [6.07, 6.45) is 5.19. The monoisotopic (exact) mass is 391 g/mol. The number of amides is 1. The summed E-state index contributed by atoms with van der Waals surface area (Å²) in [5, 5.41) is 2.73. The third kappa shape index (κ3) is 4.40. The molecule has 7 nitrogen and oxygen atoms in total. The first-order valence-electron chi connectivity index (χ1n) is 9.11. The minimum Gasteiger partial charge on any atom is -0.467 e. The molecular weight excluding hydrogens is 366 g/mol. The lowest BCUT2D eigenvalue weighted by Gasteiger charge is -2.21. The molecule has 0 unspecified atom stereocenters. The number of anilines is 1. The van der Waals surface area contributed by atoms with E-state index >= 15 is 0 Å². The number of hydrogen-bond donors (Lipinski definition) is 2. The van der Waals surface area contributed by atoms with Crippen molar-refractivity contribution in [2.45, 2.75) is 44.0 Å². The third-order valence-corrected chi connectivity index (χ3v) is 6.79. The van der Waals surface area contributed by atoms with Crippen LogP contribution in [-0.4, -0.2) is 31.7 Å². The molecule has 0 atom stereocenters. The summed E-state index contributed by atoms with van der Waals surface area (Å²) in [5.41, 5.74) is 6.91. The normalized spacial score (nSPS) is 16.1. The first-order valence-corrected chi connectivity index (χ1v) is 10.6. The van der Waals surface area contributed by atoms with Crippen molar-refractivity contribution in [3.05, 3.63) is 47.4 Å². The maximum Gasteiger partial charge on any atom is 0.258 e. The fourth-order valence-electron chi connectivity index (χ4n) is 3.19. The first kappa shape index (κ1) is 19.6. The lowest BCUT2D eigenvalue weighted by molar-refractivity contribution is 0.102. The van der Waals surface area contributed by atoms with E-state index in [2.05, 4.69) is 5.32 Å². The van der Waals surface area contributed by atoms with Crippen LogP contribution in [0.1, 0.15) is 47.4 Å². The number of benzene rings is 1. The Morgan fingerprint density at radius 2 is 1.89 bits per heavy atom. The van der Waals surface area contributed by atoms with Crippen molar-refractivity contribution in [2.75, 3.05) is 18.4 Å². The van der Waals surface area contributed by atoms with Gasteiger partial charge in [-0.05, 0) is 43.5 Å². The van der Waals surface area contributed by atoms with Crippen molar-refractivity contribution >= 4 is 21.6 Å². The van der Waals surface area contributed by atoms with Gasteiger partial charge in [-0.2, -0.15) is 4.31 Å². The molecule has 8 heteroatoms. The zero-order chi connectivity index (χ0) is 19.4. The molecule has 0 aliphatic carbocycles. The number of carbonyl (C=O) groups is 1. The smallest absolute Gasteiger partial charge is 0.258 e. The zero-order valence-electron chi connectivity index (χ0n) is 15.4. The highest BCUT2D eigenvalue weighted by atomic mass is 32.2. The Kier molecular flexibility index (Phi) is 5.98. The molecule has 1 saturated heterocycles. The lowest BCUT2D eigenvalue weighted by atomic mass is 10.2. The number of aryl methyl sites for hydroxylation is 1. The topological polar surface area (TPSA) is 106 Å². The fourth-order valence-corrected chi connectivity index (χ4v) is 4.95. The van der Waals surface area contributed by atoms with E-state index in [1.54, 1.807) is 29.4 Å². The summed E-state index contributed by atoms with van der Waals surface area (Å²) in [6.45, 7) is 3.04. The van der Waals surface area contributed by atoms with Gasteiger partial charge in [0.25, 0.3) is 5.91 Å². The van der Waals surface area contributed by atoms with Crippen molar-refractivity contribution in [1.29, 1.82) is 0 Å². The van der Waals surface area contributed by atoms with Gasteiger partial charge in [0.2, 0.25) is 10.0 Å². The highest BCUT2D eigenvalue weighted by Crippen LogP contribution is 2.26. The lowest BCUT2D eigenvalue weighted by Crippen LogP contribution is -2.32. The minimum atomic E-state index is -3.59. The second-order valence-electron chi connectivity index (χ2n) is 6.76. The van der Waals surface area contributed by atoms with Gasteiger partial charge in [-0.15, -0.1) is 0 Å². The van der Waals surface area contributed by atoms with E-state index in [-0.39, 0.29) is 17.3 Å². The summed E-state index contributed by atoms with van der Waals surface area (Å²) in [7, 11) is -3.59. The summed E-state index contributed by atoms with van der Waals surface area (Å²) in [4.78, 5) is 12.6. The summed E-state index contributed by atoms with van der Waals surface area (Å²) >= 11 is 0. The van der Waals surface area contributed by atoms with Crippen LogP contribution in [-0.2, 0) is 16.6 Å². The van der Waals surface area contributed by atoms with Crippen LogP contribution in [0.3, 0.4) is 0 Å². The average Bonchev–Trinajstić information content (AvgIpc) is 2.96. The number of furan rings is 1. The fraction of sp³-hybridized carbons (Fsp3) is 0.421. The van der Waals surface area contributed by atoms with E-state index in [1.165, 1.54) is 12.3 Å². The predicted octanol–water partition coefficient (Wildman–Crippen LogP) is 2.86. The van der Waals surface area contributed by atoms with Crippen molar-refractivity contribution in [2.24, 2.45) is 5.73 Å². The standard InChI is InChI=1S/C19H25N3O4S/c1-14-6-7-16(21-19(23)15-10-17(12-20)26-13-15)11-18(14)27(24,25)22-8-4-2-3-5-9-22/h6-7,10-11,13H,2-5,8-9,12,20H2,1H3,(H,21,23). The Balaban J connectivity index is 1.84. The Bertz CT molecular complexity index is 913. The second-order valence-corrected chi connectivity index (χ2v) is 8.66. The number of nitrogens with one attached hydrogen (secondary N) is 1. The molecule has 1 fully saturated rings. The maximum atomic E-state index is 13.1. The predicted molar refractivity (Wildman–Crippen MR) is 103 cm³/mol. The molecule has 1 aliphatic heterocycles. The van der Waals surface area contributed by atoms with Gasteiger partial charge in [-0.25, -0.2) is 8.42 Å². The van der Waals surface area contributed by atoms with E-state index < -0.39 is 10.0 Å². The highest BCUT2D eigenvalue weighted by Gasteiger charge is 2.27. The van der Waals surface area contributed by atoms with Crippen molar-refractivity contribution in [3.8, 4) is 0 Å². The van der Waals surface area contributed by atoms with E-state index in [4.69, 9.17) is 10.2 Å². The number of sulfonamides is 1. The highest BCUT2D eigenvalue weighted by molar-refractivity contribution is 7.89. The van der Waals surface area contributed by atoms with Crippen LogP contribution in [0.4, 0.5) is 5.69 Å². The van der Waals surface area contributed by atoms with Crippen LogP contribution in [0.5, 0.6) is 0 Å². The van der Waals surface area contributed by atoms with Crippen LogP contribution >= 0.6 is 0 Å². The summed E-state index contributed by atoms with van der Waals surface area (Å²) < 4.78 is 32.9. The van der Waals surface area contributed by atoms with Crippen LogP contribution in [0.25, 0.3) is 0 Å². The van der Waals surface area contributed by atoms with Gasteiger partial charge < -0.3 is 15.5 Å². The van der Waals surface area contributed by atoms with Gasteiger partial charge in [0, 0.05) is 18.8 Å². The number of carbonyl (C=O) groups excluding carboxylic acids is 1. The molecule has 2 aromatic rings. The Morgan fingerprint density at radius 3 is 2.52 bits per heavy atom. The minimum absolute atomic E-state index is 0.204. The summed E-state index contributed by atoms with van der Waals surface area (Å²) in [5.74, 6) is 0.133. The molecule has 1 amide bonds. The summed E-state index contributed by atoms with van der Waals surface area (Å²) in [6, 6.07) is 6.50. The molecule has 0 saturated carbocycles. The molecule has 1 aromatic carbocycles. The van der Waals surface area contributed by atoms with E-state index in [0.717, 1.165) is 25.7 Å². The van der Waals surface area contributed by atoms with Crippen LogP contribution in [0.15, 0.2) is 39.8 Å². The number of rotatable bonds is 5. The first-order chi connectivity index (χ1) is 12.9. The van der Waals surface area contributed by atoms with Crippen molar-refractivity contribution < 1.29 is 17.6 Å². The molecule has 3 N–H and O–H groups in total. The molecule has 1 aromatic heterocycles. The van der Waals surface area contributed by atoms with Gasteiger partial charge in [-0.1, -0.05) is 18.9 Å². The molecule has 2 heterocycles. The van der Waals surface area contributed by atoms with Crippen LogP contribution < -0.4 is 11.1 Å². The Morgan fingerprint density at radius 1 is 1.19 bits per heavy atom. The van der Waals surface area contributed by atoms with E-state index in [0.29, 0.717) is 35.7 Å². The SMILES string of the molecule is Cc1ccc(NC(=O)c2coc(CN)c2)cc1S(=O)(=O)N1CCCCCC1. The number of nitrogens with zero attached hydrogens (tertiary/aromatic N) is 1. The number of hydrogen-bond acceptors (Lipinski definition) is 5. The quantitative estimate of drug-likeness (QED) is 0.815. The Labute approximate surface area is 159 Å². The van der Waals surface area contributed by atoms with Gasteiger partial charge >= 0.3 is 0 Å². The molecule has 146 valence electrons. The van der Waals surface area contributed by atoms with Gasteiger partial charge in [-0.3, -0.25) is 4.79 Å². The van der Waals surface area contributed by atoms with Crippen molar-refractivity contribution in [1.82, 2.24) is 4.31 Å². The molecule has 1 aliphatic rings. The van der Waals surface area contributed by atoms with Crippen LogP contribution in [0.2, 0.25) is 0 Å². The Hall–Kier alpha value is -2.16. The van der Waals surface area contributed by atoms with E-state index in [1.807, 2.05) is 0 Å². The van der Waals surface area contributed by atoms with Gasteiger partial charge in [0.1, 0.15) is 12.0 Å². The maximum absolute atomic E-state index is 13.1. The molecule has 27 heavy (non-hydrogen) atoms.